The number of aryl methyl sites for hydroxylation is 2. The minimum atomic E-state index is -0.363. The molecule has 1 aliphatic heterocycles. The molecule has 0 aliphatic carbocycles. The zero-order valence-electron chi connectivity index (χ0n) is 19.8. The van der Waals surface area contributed by atoms with Crippen LogP contribution in [0.2, 0.25) is 0 Å². The van der Waals surface area contributed by atoms with Gasteiger partial charge in [0.15, 0.2) is 0 Å². The molecule has 1 unspecified atom stereocenters. The van der Waals surface area contributed by atoms with Gasteiger partial charge in [0, 0.05) is 17.8 Å². The summed E-state index contributed by atoms with van der Waals surface area (Å²) >= 11 is 0. The first-order chi connectivity index (χ1) is 16.4. The van der Waals surface area contributed by atoms with Gasteiger partial charge in [-0.3, -0.25) is 9.69 Å². The van der Waals surface area contributed by atoms with Crippen LogP contribution in [0.15, 0.2) is 47.0 Å². The van der Waals surface area contributed by atoms with Crippen LogP contribution in [0.3, 0.4) is 0 Å². The van der Waals surface area contributed by atoms with Crippen molar-refractivity contribution < 1.29 is 18.8 Å². The van der Waals surface area contributed by atoms with E-state index in [9.17, 15) is 9.59 Å². The molecule has 0 saturated carbocycles. The number of nitrogens with zero attached hydrogens (tertiary/aromatic N) is 3. The Hall–Kier alpha value is -3.52. The number of piperidine rings is 1. The van der Waals surface area contributed by atoms with Gasteiger partial charge in [0.1, 0.15) is 0 Å². The van der Waals surface area contributed by atoms with Crippen molar-refractivity contribution in [3.63, 3.8) is 0 Å². The van der Waals surface area contributed by atoms with E-state index in [1.54, 1.807) is 25.1 Å². The Bertz CT molecular complexity index is 1170. The number of ether oxygens (including phenoxy) is 1. The third kappa shape index (κ3) is 5.51. The standard InChI is InChI=1S/C26H30N4O4/c1-4-33-26(32)19-11-12-22(18(3)14-19)27-25(31)20-9-7-13-30(15-20)16-23-28-24(29-34-23)21-10-6-5-8-17(21)2/h5-6,8,10-12,14,20H,4,7,9,13,15-16H2,1-3H3,(H,27,31). The van der Waals surface area contributed by atoms with Gasteiger partial charge in [-0.2, -0.15) is 4.98 Å². The second kappa shape index (κ2) is 10.6. The molecule has 4 rings (SSSR count). The van der Waals surface area contributed by atoms with E-state index in [0.717, 1.165) is 36.1 Å². The van der Waals surface area contributed by atoms with Crippen molar-refractivity contribution in [2.45, 2.75) is 40.2 Å². The van der Waals surface area contributed by atoms with E-state index in [1.807, 2.05) is 38.1 Å². The number of anilines is 1. The van der Waals surface area contributed by atoms with Crippen LogP contribution in [-0.4, -0.2) is 46.6 Å². The molecule has 0 spiro atoms. The highest BCUT2D eigenvalue weighted by molar-refractivity contribution is 5.95. The van der Waals surface area contributed by atoms with Crippen LogP contribution in [-0.2, 0) is 16.1 Å². The number of hydrogen-bond donors (Lipinski definition) is 1. The predicted octanol–water partition coefficient (Wildman–Crippen LogP) is 4.38. The molecule has 8 heteroatoms. The van der Waals surface area contributed by atoms with Gasteiger partial charge < -0.3 is 14.6 Å². The third-order valence-electron chi connectivity index (χ3n) is 6.08. The fourth-order valence-corrected chi connectivity index (χ4v) is 4.24. The molecule has 3 aromatic rings. The normalized spacial score (nSPS) is 16.3. The van der Waals surface area contributed by atoms with Gasteiger partial charge in [0.2, 0.25) is 17.6 Å². The Morgan fingerprint density at radius 3 is 2.76 bits per heavy atom. The van der Waals surface area contributed by atoms with Crippen molar-refractivity contribution in [3.05, 3.63) is 65.0 Å². The predicted molar refractivity (Wildman–Crippen MR) is 128 cm³/mol. The Morgan fingerprint density at radius 2 is 2.00 bits per heavy atom. The first kappa shape index (κ1) is 23.6. The lowest BCUT2D eigenvalue weighted by molar-refractivity contribution is -0.121. The highest BCUT2D eigenvalue weighted by atomic mass is 16.5. The summed E-state index contributed by atoms with van der Waals surface area (Å²) in [6.07, 6.45) is 1.73. The second-order valence-corrected chi connectivity index (χ2v) is 8.64. The topological polar surface area (TPSA) is 97.6 Å². The number of amides is 1. The third-order valence-corrected chi connectivity index (χ3v) is 6.08. The van der Waals surface area contributed by atoms with Crippen LogP contribution < -0.4 is 5.32 Å². The zero-order chi connectivity index (χ0) is 24.1. The van der Waals surface area contributed by atoms with E-state index >= 15 is 0 Å². The number of benzene rings is 2. The maximum absolute atomic E-state index is 13.0. The van der Waals surface area contributed by atoms with E-state index < -0.39 is 0 Å². The Kier molecular flexibility index (Phi) is 7.37. The molecule has 0 bridgehead atoms. The van der Waals surface area contributed by atoms with E-state index in [2.05, 4.69) is 20.4 Å². The fourth-order valence-electron chi connectivity index (χ4n) is 4.24. The zero-order valence-corrected chi connectivity index (χ0v) is 19.8. The summed E-state index contributed by atoms with van der Waals surface area (Å²) in [5.74, 6) is 0.600. The van der Waals surface area contributed by atoms with E-state index in [0.29, 0.717) is 42.7 Å². The van der Waals surface area contributed by atoms with E-state index in [1.165, 1.54) is 0 Å². The molecule has 34 heavy (non-hydrogen) atoms. The first-order valence-electron chi connectivity index (χ1n) is 11.6. The highest BCUT2D eigenvalue weighted by Gasteiger charge is 2.27. The second-order valence-electron chi connectivity index (χ2n) is 8.64. The molecular formula is C26H30N4O4. The van der Waals surface area contributed by atoms with Crippen molar-refractivity contribution in [2.75, 3.05) is 25.0 Å². The lowest BCUT2D eigenvalue weighted by Gasteiger charge is -2.31. The van der Waals surface area contributed by atoms with E-state index in [-0.39, 0.29) is 17.8 Å². The fraction of sp³-hybridized carbons (Fsp3) is 0.385. The Morgan fingerprint density at radius 1 is 1.18 bits per heavy atom. The number of carbonyl (C=O) groups excluding carboxylic acids is 2. The van der Waals surface area contributed by atoms with Crippen molar-refractivity contribution in [3.8, 4) is 11.4 Å². The van der Waals surface area contributed by atoms with Crippen LogP contribution >= 0.6 is 0 Å². The van der Waals surface area contributed by atoms with Gasteiger partial charge in [-0.1, -0.05) is 29.4 Å². The molecule has 178 valence electrons. The van der Waals surface area contributed by atoms with Crippen LogP contribution in [0.1, 0.15) is 47.1 Å². The Labute approximate surface area is 199 Å². The number of aromatic nitrogens is 2. The number of likely N-dealkylation sites (tertiary alicyclic amines) is 1. The van der Waals surface area contributed by atoms with Gasteiger partial charge in [-0.05, 0) is 69.5 Å². The monoisotopic (exact) mass is 462 g/mol. The Balaban J connectivity index is 1.36. The maximum Gasteiger partial charge on any atom is 0.338 e. The molecule has 0 radical (unpaired) electrons. The number of nitrogens with one attached hydrogen (secondary N) is 1. The largest absolute Gasteiger partial charge is 0.462 e. The maximum atomic E-state index is 13.0. The SMILES string of the molecule is CCOC(=O)c1ccc(NC(=O)C2CCCN(Cc3nc(-c4ccccc4C)no3)C2)c(C)c1. The summed E-state index contributed by atoms with van der Waals surface area (Å²) in [5, 5.41) is 7.16. The average molecular weight is 463 g/mol. The average Bonchev–Trinajstić information content (AvgIpc) is 3.29. The number of carbonyl (C=O) groups is 2. The van der Waals surface area contributed by atoms with Crippen molar-refractivity contribution in [1.29, 1.82) is 0 Å². The summed E-state index contributed by atoms with van der Waals surface area (Å²) in [5.41, 5.74) is 4.05. The molecule has 1 aliphatic rings. The van der Waals surface area contributed by atoms with Crippen LogP contribution in [0.25, 0.3) is 11.4 Å². The van der Waals surface area contributed by atoms with Crippen molar-refractivity contribution in [2.24, 2.45) is 5.92 Å². The minimum absolute atomic E-state index is 0.0252. The first-order valence-corrected chi connectivity index (χ1v) is 11.6. The quantitative estimate of drug-likeness (QED) is 0.520. The summed E-state index contributed by atoms with van der Waals surface area (Å²) in [6.45, 7) is 7.99. The van der Waals surface area contributed by atoms with Gasteiger partial charge in [-0.15, -0.1) is 0 Å². The van der Waals surface area contributed by atoms with E-state index in [4.69, 9.17) is 9.26 Å². The molecule has 8 nitrogen and oxygen atoms in total. The van der Waals surface area contributed by atoms with Crippen molar-refractivity contribution >= 4 is 17.6 Å². The molecule has 2 heterocycles. The van der Waals surface area contributed by atoms with Gasteiger partial charge in [-0.25, -0.2) is 4.79 Å². The smallest absolute Gasteiger partial charge is 0.338 e. The van der Waals surface area contributed by atoms with Crippen LogP contribution in [0, 0.1) is 19.8 Å². The van der Waals surface area contributed by atoms with Gasteiger partial charge >= 0.3 is 5.97 Å². The summed E-state index contributed by atoms with van der Waals surface area (Å²) in [6, 6.07) is 13.1. The van der Waals surface area contributed by atoms with Gasteiger partial charge in [0.05, 0.1) is 24.6 Å². The van der Waals surface area contributed by atoms with Crippen LogP contribution in [0.4, 0.5) is 5.69 Å². The molecule has 1 aromatic heterocycles. The number of esters is 1. The summed E-state index contributed by atoms with van der Waals surface area (Å²) < 4.78 is 10.5. The summed E-state index contributed by atoms with van der Waals surface area (Å²) in [7, 11) is 0. The molecule has 2 aromatic carbocycles. The van der Waals surface area contributed by atoms with Gasteiger partial charge in [0.25, 0.3) is 0 Å². The number of hydrogen-bond acceptors (Lipinski definition) is 7. The molecule has 1 N–H and O–H groups in total. The number of rotatable bonds is 7. The lowest BCUT2D eigenvalue weighted by Crippen LogP contribution is -2.40. The lowest BCUT2D eigenvalue weighted by atomic mass is 9.96. The summed E-state index contributed by atoms with van der Waals surface area (Å²) in [4.78, 5) is 31.7. The molecule has 1 atom stereocenters. The van der Waals surface area contributed by atoms with Crippen molar-refractivity contribution in [1.82, 2.24) is 15.0 Å². The molecule has 1 saturated heterocycles. The minimum Gasteiger partial charge on any atom is -0.462 e. The highest BCUT2D eigenvalue weighted by Crippen LogP contribution is 2.24. The molecular weight excluding hydrogens is 432 g/mol. The molecule has 1 fully saturated rings. The van der Waals surface area contributed by atoms with Crippen LogP contribution in [0.5, 0.6) is 0 Å². The molecule has 1 amide bonds.